The van der Waals surface area contributed by atoms with Gasteiger partial charge in [0, 0.05) is 12.6 Å². The number of aryl methyl sites for hydroxylation is 2. The molecule has 0 fully saturated rings. The number of amides is 1. The third kappa shape index (κ3) is 3.59. The number of hydrogen-bond donors (Lipinski definition) is 2. The second-order valence-corrected chi connectivity index (χ2v) is 5.97. The van der Waals surface area contributed by atoms with Gasteiger partial charge in [0.25, 0.3) is 0 Å². The number of H-pyrrole nitrogens is 1. The maximum Gasteiger partial charge on any atom is 0.222 e. The van der Waals surface area contributed by atoms with Crippen molar-refractivity contribution in [2.75, 3.05) is 0 Å². The topological polar surface area (TPSA) is 75.6 Å². The van der Waals surface area contributed by atoms with E-state index in [4.69, 9.17) is 0 Å². The van der Waals surface area contributed by atoms with E-state index in [1.165, 1.54) is 5.56 Å². The van der Waals surface area contributed by atoms with E-state index in [2.05, 4.69) is 26.4 Å². The van der Waals surface area contributed by atoms with Crippen molar-refractivity contribution in [1.82, 2.24) is 25.1 Å². The number of aromatic amines is 1. The molecule has 0 bridgehead atoms. The van der Waals surface area contributed by atoms with E-state index in [1.54, 1.807) is 0 Å². The van der Waals surface area contributed by atoms with Crippen LogP contribution in [0.2, 0.25) is 0 Å². The van der Waals surface area contributed by atoms with Gasteiger partial charge < -0.3 is 10.3 Å². The van der Waals surface area contributed by atoms with Crippen molar-refractivity contribution in [1.29, 1.82) is 0 Å². The monoisotopic (exact) mass is 311 g/mol. The summed E-state index contributed by atoms with van der Waals surface area (Å²) in [4.78, 5) is 19.8. The van der Waals surface area contributed by atoms with E-state index >= 15 is 0 Å². The lowest BCUT2D eigenvalue weighted by Crippen LogP contribution is -2.26. The lowest BCUT2D eigenvalue weighted by Gasteiger charge is -2.11. The Hall–Kier alpha value is -2.63. The van der Waals surface area contributed by atoms with Crippen molar-refractivity contribution in [2.24, 2.45) is 0 Å². The average molecular weight is 311 g/mol. The Labute approximate surface area is 134 Å². The molecule has 0 saturated heterocycles. The number of imidazole rings is 1. The van der Waals surface area contributed by atoms with Crippen molar-refractivity contribution < 1.29 is 4.79 Å². The summed E-state index contributed by atoms with van der Waals surface area (Å²) in [6.07, 6.45) is 2.29. The third-order valence-corrected chi connectivity index (χ3v) is 3.81. The quantitative estimate of drug-likeness (QED) is 0.760. The van der Waals surface area contributed by atoms with Crippen LogP contribution in [-0.2, 0) is 11.3 Å². The minimum absolute atomic E-state index is 0.0118. The molecule has 0 radical (unpaired) electrons. The average Bonchev–Trinajstić information content (AvgIpc) is 3.10. The summed E-state index contributed by atoms with van der Waals surface area (Å²) < 4.78 is 1.82. The van der Waals surface area contributed by atoms with Gasteiger partial charge in [-0.05, 0) is 44.5 Å². The Kier molecular flexibility index (Phi) is 4.14. The third-order valence-electron chi connectivity index (χ3n) is 3.81. The predicted octanol–water partition coefficient (Wildman–Crippen LogP) is 2.64. The number of nitrogens with zero attached hydrogens (tertiary/aromatic N) is 3. The fraction of sp³-hybridized carbons (Fsp3) is 0.353. The molecule has 120 valence electrons. The molecule has 3 aromatic rings. The first-order valence-corrected chi connectivity index (χ1v) is 7.75. The molecule has 0 saturated carbocycles. The molecule has 2 aromatic heterocycles. The molecule has 1 aromatic carbocycles. The number of rotatable bonds is 5. The van der Waals surface area contributed by atoms with Crippen LogP contribution in [0.25, 0.3) is 11.0 Å². The first-order valence-electron chi connectivity index (χ1n) is 7.75. The number of carbonyl (C=O) groups excluding carboxylic acids is 1. The number of nitrogens with one attached hydrogen (secondary N) is 2. The maximum absolute atomic E-state index is 12.1. The van der Waals surface area contributed by atoms with Gasteiger partial charge in [-0.1, -0.05) is 6.07 Å². The summed E-state index contributed by atoms with van der Waals surface area (Å²) in [5, 5.41) is 7.25. The minimum atomic E-state index is -0.0118. The molecule has 0 aliphatic rings. The van der Waals surface area contributed by atoms with Crippen LogP contribution in [0.4, 0.5) is 0 Å². The predicted molar refractivity (Wildman–Crippen MR) is 89.0 cm³/mol. The number of aromatic nitrogens is 4. The number of fused-ring (bicyclic) bond motifs is 1. The van der Waals surface area contributed by atoms with Gasteiger partial charge in [-0.2, -0.15) is 5.10 Å². The molecule has 2 N–H and O–H groups in total. The SMILES string of the molecule is Cc1ccc2nc(CNC(=O)CC(C)n3ccc(C)n3)[nH]c2c1. The molecule has 2 heterocycles. The normalized spacial score (nSPS) is 12.5. The molecule has 6 nitrogen and oxygen atoms in total. The summed E-state index contributed by atoms with van der Waals surface area (Å²) in [6.45, 7) is 6.36. The Morgan fingerprint density at radius 1 is 1.35 bits per heavy atom. The van der Waals surface area contributed by atoms with E-state index in [0.717, 1.165) is 22.6 Å². The largest absolute Gasteiger partial charge is 0.349 e. The van der Waals surface area contributed by atoms with E-state index in [1.807, 2.05) is 49.8 Å². The van der Waals surface area contributed by atoms with E-state index in [-0.39, 0.29) is 11.9 Å². The lowest BCUT2D eigenvalue weighted by molar-refractivity contribution is -0.122. The Morgan fingerprint density at radius 3 is 2.91 bits per heavy atom. The van der Waals surface area contributed by atoms with Crippen LogP contribution in [0.3, 0.4) is 0 Å². The van der Waals surface area contributed by atoms with Crippen molar-refractivity contribution in [3.63, 3.8) is 0 Å². The fourth-order valence-corrected chi connectivity index (χ4v) is 2.55. The van der Waals surface area contributed by atoms with Crippen molar-refractivity contribution in [3.05, 3.63) is 47.5 Å². The van der Waals surface area contributed by atoms with E-state index in [9.17, 15) is 4.79 Å². The summed E-state index contributed by atoms with van der Waals surface area (Å²) in [5.41, 5.74) is 4.05. The van der Waals surface area contributed by atoms with Crippen molar-refractivity contribution in [2.45, 2.75) is 39.8 Å². The van der Waals surface area contributed by atoms with Gasteiger partial charge in [0.15, 0.2) is 0 Å². The van der Waals surface area contributed by atoms with Crippen LogP contribution in [-0.4, -0.2) is 25.7 Å². The van der Waals surface area contributed by atoms with Crippen molar-refractivity contribution in [3.8, 4) is 0 Å². The molecule has 0 aliphatic heterocycles. The highest BCUT2D eigenvalue weighted by Crippen LogP contribution is 2.13. The molecule has 0 spiro atoms. The first-order chi connectivity index (χ1) is 11.0. The molecular weight excluding hydrogens is 290 g/mol. The smallest absolute Gasteiger partial charge is 0.222 e. The molecule has 23 heavy (non-hydrogen) atoms. The van der Waals surface area contributed by atoms with E-state index in [0.29, 0.717) is 13.0 Å². The van der Waals surface area contributed by atoms with Gasteiger partial charge in [0.1, 0.15) is 5.82 Å². The highest BCUT2D eigenvalue weighted by atomic mass is 16.1. The molecule has 1 amide bonds. The second kappa shape index (κ2) is 6.24. The zero-order chi connectivity index (χ0) is 16.4. The minimum Gasteiger partial charge on any atom is -0.349 e. The van der Waals surface area contributed by atoms with E-state index < -0.39 is 0 Å². The van der Waals surface area contributed by atoms with Gasteiger partial charge >= 0.3 is 0 Å². The van der Waals surface area contributed by atoms with Gasteiger partial charge in [0.2, 0.25) is 5.91 Å². The number of benzene rings is 1. The van der Waals surface area contributed by atoms with Gasteiger partial charge in [0.05, 0.1) is 29.3 Å². The molecule has 1 atom stereocenters. The van der Waals surface area contributed by atoms with Crippen LogP contribution < -0.4 is 5.32 Å². The lowest BCUT2D eigenvalue weighted by atomic mass is 10.2. The number of hydrogen-bond acceptors (Lipinski definition) is 3. The van der Waals surface area contributed by atoms with Gasteiger partial charge in [-0.15, -0.1) is 0 Å². The number of carbonyl (C=O) groups is 1. The summed E-state index contributed by atoms with van der Waals surface area (Å²) in [5.74, 6) is 0.754. The zero-order valence-corrected chi connectivity index (χ0v) is 13.6. The second-order valence-electron chi connectivity index (χ2n) is 5.97. The maximum atomic E-state index is 12.1. The highest BCUT2D eigenvalue weighted by Gasteiger charge is 2.12. The molecule has 1 unspecified atom stereocenters. The summed E-state index contributed by atoms with van der Waals surface area (Å²) in [7, 11) is 0. The van der Waals surface area contributed by atoms with Crippen LogP contribution >= 0.6 is 0 Å². The molecule has 6 heteroatoms. The van der Waals surface area contributed by atoms with Crippen LogP contribution in [0.1, 0.15) is 36.5 Å². The summed E-state index contributed by atoms with van der Waals surface area (Å²) >= 11 is 0. The highest BCUT2D eigenvalue weighted by molar-refractivity contribution is 5.77. The Balaban J connectivity index is 1.57. The van der Waals surface area contributed by atoms with Crippen LogP contribution in [0.5, 0.6) is 0 Å². The molecule has 3 rings (SSSR count). The Morgan fingerprint density at radius 2 is 2.17 bits per heavy atom. The molecular formula is C17H21N5O. The first kappa shape index (κ1) is 15.3. The van der Waals surface area contributed by atoms with Crippen LogP contribution in [0.15, 0.2) is 30.5 Å². The van der Waals surface area contributed by atoms with Crippen LogP contribution in [0, 0.1) is 13.8 Å². The Bertz CT molecular complexity index is 832. The van der Waals surface area contributed by atoms with Gasteiger partial charge in [-0.3, -0.25) is 9.48 Å². The van der Waals surface area contributed by atoms with Gasteiger partial charge in [-0.25, -0.2) is 4.98 Å². The molecule has 0 aliphatic carbocycles. The standard InChI is InChI=1S/C17H21N5O/c1-11-4-5-14-15(8-11)20-16(19-14)10-18-17(23)9-13(3)22-7-6-12(2)21-22/h4-8,13H,9-10H2,1-3H3,(H,18,23)(H,19,20). The zero-order valence-electron chi connectivity index (χ0n) is 13.6. The summed E-state index contributed by atoms with van der Waals surface area (Å²) in [6, 6.07) is 8.02. The van der Waals surface area contributed by atoms with Crippen molar-refractivity contribution >= 4 is 16.9 Å². The fourth-order valence-electron chi connectivity index (χ4n) is 2.55.